The van der Waals surface area contributed by atoms with Crippen LogP contribution in [0.4, 0.5) is 16.2 Å². The molecule has 2 aliphatic rings. The lowest BCUT2D eigenvalue weighted by atomic mass is 10.0. The molecule has 0 bridgehead atoms. The summed E-state index contributed by atoms with van der Waals surface area (Å²) in [7, 11) is -4.19. The highest BCUT2D eigenvalue weighted by atomic mass is 32.2. The lowest BCUT2D eigenvalue weighted by Gasteiger charge is -2.21. The second-order valence-corrected chi connectivity index (χ2v) is 8.36. The number of thioether (sulfide) groups is 1. The summed E-state index contributed by atoms with van der Waals surface area (Å²) in [6, 6.07) is 5.24. The van der Waals surface area contributed by atoms with Gasteiger partial charge in [0.1, 0.15) is 6.10 Å². The molecular weight excluding hydrogens is 368 g/mol. The first kappa shape index (κ1) is 18.0. The van der Waals surface area contributed by atoms with Crippen molar-refractivity contribution in [2.45, 2.75) is 17.4 Å². The summed E-state index contributed by atoms with van der Waals surface area (Å²) in [6.45, 7) is 3.82. The lowest BCUT2D eigenvalue weighted by molar-refractivity contribution is -0.113. The van der Waals surface area contributed by atoms with Gasteiger partial charge in [0, 0.05) is 16.5 Å². The summed E-state index contributed by atoms with van der Waals surface area (Å²) >= 11 is 1.41. The largest absolute Gasteiger partial charge is 0.444 e. The topological polar surface area (TPSA) is 113 Å². The number of ether oxygens (including phenoxy) is 1. The van der Waals surface area contributed by atoms with E-state index in [1.54, 1.807) is 12.1 Å². The Morgan fingerprint density at radius 3 is 2.88 bits per heavy atom. The summed E-state index contributed by atoms with van der Waals surface area (Å²) in [5, 5.41) is 2.75. The minimum absolute atomic E-state index is 0.109. The maximum absolute atomic E-state index is 12.2. The highest BCUT2D eigenvalue weighted by Gasteiger charge is 2.38. The lowest BCUT2D eigenvalue weighted by Crippen LogP contribution is -2.31. The van der Waals surface area contributed by atoms with Gasteiger partial charge in [-0.2, -0.15) is 8.42 Å². The van der Waals surface area contributed by atoms with E-state index in [9.17, 15) is 18.0 Å². The number of anilines is 2. The first-order valence-electron chi connectivity index (χ1n) is 7.56. The van der Waals surface area contributed by atoms with Crippen molar-refractivity contribution >= 4 is 45.3 Å². The molecule has 3 rings (SSSR count). The van der Waals surface area contributed by atoms with Gasteiger partial charge in [-0.1, -0.05) is 6.92 Å². The number of rotatable bonds is 5. The number of cyclic esters (lactones) is 1. The Hall–Kier alpha value is -1.78. The molecule has 2 aliphatic heterocycles. The molecule has 1 aromatic carbocycles. The normalized spacial score (nSPS) is 21.5. The summed E-state index contributed by atoms with van der Waals surface area (Å²) in [5.74, 6) is -0.876. The molecule has 1 aromatic rings. The van der Waals surface area contributed by atoms with Gasteiger partial charge in [0.2, 0.25) is 5.91 Å². The van der Waals surface area contributed by atoms with Crippen LogP contribution in [0.25, 0.3) is 0 Å². The summed E-state index contributed by atoms with van der Waals surface area (Å²) < 4.78 is 36.5. The summed E-state index contributed by atoms with van der Waals surface area (Å²) in [4.78, 5) is 26.0. The van der Waals surface area contributed by atoms with Crippen LogP contribution in [0.2, 0.25) is 0 Å². The van der Waals surface area contributed by atoms with Crippen LogP contribution in [0, 0.1) is 12.8 Å². The Morgan fingerprint density at radius 2 is 2.20 bits per heavy atom. The van der Waals surface area contributed by atoms with Crippen LogP contribution in [0.1, 0.15) is 6.42 Å². The van der Waals surface area contributed by atoms with Gasteiger partial charge in [0.15, 0.2) is 0 Å². The Bertz CT molecular complexity index is 810. The number of carbonyl (C=O) groups excluding carboxylic acids is 2. The average molecular weight is 385 g/mol. The van der Waals surface area contributed by atoms with Crippen molar-refractivity contribution in [1.82, 2.24) is 0 Å². The molecule has 0 spiro atoms. The molecule has 2 atom stereocenters. The van der Waals surface area contributed by atoms with E-state index in [1.807, 2.05) is 6.07 Å². The molecule has 2 heterocycles. The third kappa shape index (κ3) is 4.07. The molecule has 0 aliphatic carbocycles. The maximum Gasteiger partial charge on any atom is 0.414 e. The van der Waals surface area contributed by atoms with Crippen LogP contribution < -0.4 is 10.2 Å². The number of hydrogen-bond acceptors (Lipinski definition) is 6. The standard InChI is InChI=1S/C15H17N2O6S2/c1-2-9(8-25(20,21)22)12-6-17(15(19)23-12)10-3-4-13-11(5-10)16-14(18)7-24-13/h3-5,9,12H,1-2,6-8H2,(H,16,18)(H,20,21,22)/t9?,12-/m0/s1. The van der Waals surface area contributed by atoms with Crippen molar-refractivity contribution in [2.75, 3.05) is 28.3 Å². The van der Waals surface area contributed by atoms with Crippen LogP contribution in [0.3, 0.4) is 0 Å². The SMILES string of the molecule is [CH2]CC(CS(=O)(=O)O)[C@@H]1CN(c2ccc3c(c2)NC(=O)CS3)C(=O)O1. The second kappa shape index (κ2) is 6.85. The number of carbonyl (C=O) groups is 2. The molecule has 10 heteroatoms. The van der Waals surface area contributed by atoms with E-state index >= 15 is 0 Å². The van der Waals surface area contributed by atoms with Crippen molar-refractivity contribution in [3.05, 3.63) is 25.1 Å². The van der Waals surface area contributed by atoms with Gasteiger partial charge in [0.25, 0.3) is 10.1 Å². The van der Waals surface area contributed by atoms with E-state index in [0.29, 0.717) is 17.1 Å². The van der Waals surface area contributed by atoms with Crippen LogP contribution in [-0.4, -0.2) is 49.1 Å². The number of amides is 2. The van der Waals surface area contributed by atoms with Gasteiger partial charge in [-0.25, -0.2) is 4.79 Å². The van der Waals surface area contributed by atoms with E-state index in [-0.39, 0.29) is 18.9 Å². The quantitative estimate of drug-likeness (QED) is 0.743. The molecule has 135 valence electrons. The van der Waals surface area contributed by atoms with E-state index in [4.69, 9.17) is 9.29 Å². The van der Waals surface area contributed by atoms with Crippen LogP contribution in [0.15, 0.2) is 23.1 Å². The number of nitrogens with zero attached hydrogens (tertiary/aromatic N) is 1. The molecule has 2 N–H and O–H groups in total. The fourth-order valence-electron chi connectivity index (χ4n) is 2.83. The molecule has 0 saturated carbocycles. The molecule has 1 saturated heterocycles. The average Bonchev–Trinajstić information content (AvgIpc) is 2.92. The Labute approximate surface area is 149 Å². The monoisotopic (exact) mass is 385 g/mol. The molecule has 1 fully saturated rings. The maximum atomic E-state index is 12.2. The molecule has 1 unspecified atom stereocenters. The van der Waals surface area contributed by atoms with Crippen LogP contribution in [0.5, 0.6) is 0 Å². The van der Waals surface area contributed by atoms with Gasteiger partial charge >= 0.3 is 6.09 Å². The Balaban J connectivity index is 1.79. The Morgan fingerprint density at radius 1 is 1.44 bits per heavy atom. The zero-order valence-electron chi connectivity index (χ0n) is 13.2. The fourth-order valence-corrected chi connectivity index (χ4v) is 4.54. The second-order valence-electron chi connectivity index (χ2n) is 5.85. The zero-order chi connectivity index (χ0) is 18.2. The van der Waals surface area contributed by atoms with Gasteiger partial charge in [-0.15, -0.1) is 11.8 Å². The minimum Gasteiger partial charge on any atom is -0.444 e. The van der Waals surface area contributed by atoms with Crippen molar-refractivity contribution in [3.8, 4) is 0 Å². The van der Waals surface area contributed by atoms with Crippen molar-refractivity contribution in [2.24, 2.45) is 5.92 Å². The first-order chi connectivity index (χ1) is 11.8. The molecule has 8 nitrogen and oxygen atoms in total. The van der Waals surface area contributed by atoms with E-state index in [0.717, 1.165) is 4.90 Å². The zero-order valence-corrected chi connectivity index (χ0v) is 14.8. The van der Waals surface area contributed by atoms with Crippen molar-refractivity contribution in [1.29, 1.82) is 0 Å². The van der Waals surface area contributed by atoms with Crippen LogP contribution >= 0.6 is 11.8 Å². The highest BCUT2D eigenvalue weighted by Crippen LogP contribution is 2.36. The summed E-state index contributed by atoms with van der Waals surface area (Å²) in [6.07, 6.45) is -1.09. The van der Waals surface area contributed by atoms with E-state index in [1.165, 1.54) is 16.7 Å². The molecular formula is C15H17N2O6S2. The smallest absolute Gasteiger partial charge is 0.414 e. The molecule has 2 amide bonds. The molecule has 0 aromatic heterocycles. The predicted molar refractivity (Wildman–Crippen MR) is 93.3 cm³/mol. The number of benzene rings is 1. The van der Waals surface area contributed by atoms with Gasteiger partial charge < -0.3 is 10.1 Å². The third-order valence-corrected chi connectivity index (χ3v) is 5.99. The minimum atomic E-state index is -4.19. The van der Waals surface area contributed by atoms with Gasteiger partial charge in [0.05, 0.1) is 23.7 Å². The predicted octanol–water partition coefficient (Wildman–Crippen LogP) is 1.78. The third-order valence-electron chi connectivity index (χ3n) is 4.06. The number of fused-ring (bicyclic) bond motifs is 1. The summed E-state index contributed by atoms with van der Waals surface area (Å²) in [5.41, 5.74) is 1.17. The Kier molecular flexibility index (Phi) is 4.94. The first-order valence-corrected chi connectivity index (χ1v) is 10.2. The number of hydrogen-bond donors (Lipinski definition) is 2. The number of nitrogens with one attached hydrogen (secondary N) is 1. The van der Waals surface area contributed by atoms with E-state index in [2.05, 4.69) is 12.2 Å². The highest BCUT2D eigenvalue weighted by molar-refractivity contribution is 8.00. The van der Waals surface area contributed by atoms with E-state index < -0.39 is 34.0 Å². The molecule has 1 radical (unpaired) electrons. The van der Waals surface area contributed by atoms with Gasteiger partial charge in [-0.3, -0.25) is 14.2 Å². The fraction of sp³-hybridized carbons (Fsp3) is 0.400. The van der Waals surface area contributed by atoms with Crippen molar-refractivity contribution < 1.29 is 27.3 Å². The van der Waals surface area contributed by atoms with Crippen molar-refractivity contribution in [3.63, 3.8) is 0 Å². The van der Waals surface area contributed by atoms with Gasteiger partial charge in [-0.05, 0) is 24.6 Å². The molecule has 25 heavy (non-hydrogen) atoms. The van der Waals surface area contributed by atoms with Crippen LogP contribution in [-0.2, 0) is 19.6 Å².